The Bertz CT molecular complexity index is 761. The van der Waals surface area contributed by atoms with Gasteiger partial charge in [0, 0.05) is 16.3 Å². The van der Waals surface area contributed by atoms with Crippen LogP contribution in [0.1, 0.15) is 17.0 Å². The smallest absolute Gasteiger partial charge is 0.246 e. The number of halogens is 1. The van der Waals surface area contributed by atoms with Crippen molar-refractivity contribution in [2.75, 3.05) is 5.32 Å². The molecule has 0 fully saturated rings. The summed E-state index contributed by atoms with van der Waals surface area (Å²) in [7, 11) is 0. The van der Waals surface area contributed by atoms with Gasteiger partial charge >= 0.3 is 0 Å². The second-order valence-corrected chi connectivity index (χ2v) is 5.58. The predicted octanol–water partition coefficient (Wildman–Crippen LogP) is 4.62. The van der Waals surface area contributed by atoms with E-state index < -0.39 is 0 Å². The number of aryl methyl sites for hydroxylation is 2. The Morgan fingerprint density at radius 3 is 2.41 bits per heavy atom. The van der Waals surface area contributed by atoms with Crippen molar-refractivity contribution < 1.29 is 4.52 Å². The summed E-state index contributed by atoms with van der Waals surface area (Å²) >= 11 is 5.88. The van der Waals surface area contributed by atoms with Gasteiger partial charge in [-0.1, -0.05) is 35.0 Å². The zero-order valence-corrected chi connectivity index (χ0v) is 13.2. The summed E-state index contributed by atoms with van der Waals surface area (Å²) in [4.78, 5) is 4.40. The summed E-state index contributed by atoms with van der Waals surface area (Å²) in [6.07, 6.45) is 0. The number of hydrogen-bond acceptors (Lipinski definition) is 4. The summed E-state index contributed by atoms with van der Waals surface area (Å²) < 4.78 is 5.29. The Kier molecular flexibility index (Phi) is 4.11. The lowest BCUT2D eigenvalue weighted by molar-refractivity contribution is 0.384. The molecule has 4 nitrogen and oxygen atoms in total. The van der Waals surface area contributed by atoms with E-state index in [1.54, 1.807) is 0 Å². The molecule has 0 aliphatic carbocycles. The second kappa shape index (κ2) is 6.20. The molecule has 0 radical (unpaired) electrons. The van der Waals surface area contributed by atoms with E-state index in [1.165, 1.54) is 11.1 Å². The van der Waals surface area contributed by atoms with Crippen molar-refractivity contribution in [3.63, 3.8) is 0 Å². The van der Waals surface area contributed by atoms with Crippen molar-refractivity contribution in [2.24, 2.45) is 0 Å². The lowest BCUT2D eigenvalue weighted by Crippen LogP contribution is -2.03. The van der Waals surface area contributed by atoms with Gasteiger partial charge in [0.15, 0.2) is 0 Å². The monoisotopic (exact) mass is 313 g/mol. The summed E-state index contributed by atoms with van der Waals surface area (Å²) in [5.41, 5.74) is 4.37. The van der Waals surface area contributed by atoms with E-state index in [9.17, 15) is 0 Å². The number of benzene rings is 2. The molecule has 0 saturated heterocycles. The maximum Gasteiger partial charge on any atom is 0.246 e. The van der Waals surface area contributed by atoms with E-state index in [4.69, 9.17) is 16.1 Å². The van der Waals surface area contributed by atoms with Gasteiger partial charge in [0.1, 0.15) is 0 Å². The molecule has 0 unspecified atom stereocenters. The quantitative estimate of drug-likeness (QED) is 0.763. The van der Waals surface area contributed by atoms with Crippen LogP contribution in [0.25, 0.3) is 11.4 Å². The molecule has 0 amide bonds. The first-order chi connectivity index (χ1) is 10.6. The molecule has 0 aliphatic rings. The summed E-state index contributed by atoms with van der Waals surface area (Å²) in [5.74, 6) is 1.11. The standard InChI is InChI=1S/C17H16ClN3O/c1-11-4-3-5-12(2)16(11)19-10-15-20-17(21-22-15)13-6-8-14(18)9-7-13/h3-9,19H,10H2,1-2H3. The molecule has 0 saturated carbocycles. The van der Waals surface area contributed by atoms with E-state index in [0.717, 1.165) is 11.3 Å². The maximum atomic E-state index is 5.88. The number of nitrogens with zero attached hydrogens (tertiary/aromatic N) is 2. The molecule has 1 N–H and O–H groups in total. The van der Waals surface area contributed by atoms with Crippen molar-refractivity contribution in [3.8, 4) is 11.4 Å². The molecule has 1 aromatic heterocycles. The number of hydrogen-bond donors (Lipinski definition) is 1. The predicted molar refractivity (Wildman–Crippen MR) is 88.0 cm³/mol. The van der Waals surface area contributed by atoms with Crippen LogP contribution in [0.3, 0.4) is 0 Å². The number of rotatable bonds is 4. The third kappa shape index (κ3) is 3.12. The van der Waals surface area contributed by atoms with Crippen molar-refractivity contribution >= 4 is 17.3 Å². The van der Waals surface area contributed by atoms with E-state index >= 15 is 0 Å². The Morgan fingerprint density at radius 1 is 1.05 bits per heavy atom. The molecular formula is C17H16ClN3O. The topological polar surface area (TPSA) is 51.0 Å². The lowest BCUT2D eigenvalue weighted by Gasteiger charge is -2.10. The van der Waals surface area contributed by atoms with Gasteiger partial charge in [-0.05, 0) is 49.2 Å². The fourth-order valence-corrected chi connectivity index (χ4v) is 2.43. The molecule has 2 aromatic carbocycles. The van der Waals surface area contributed by atoms with Crippen molar-refractivity contribution in [1.29, 1.82) is 0 Å². The number of nitrogens with one attached hydrogen (secondary N) is 1. The number of anilines is 1. The molecule has 3 aromatic rings. The molecule has 0 atom stereocenters. The maximum absolute atomic E-state index is 5.88. The molecular weight excluding hydrogens is 298 g/mol. The fraction of sp³-hybridized carbons (Fsp3) is 0.176. The van der Waals surface area contributed by atoms with Crippen LogP contribution >= 0.6 is 11.6 Å². The van der Waals surface area contributed by atoms with Gasteiger partial charge in [-0.3, -0.25) is 0 Å². The third-order valence-electron chi connectivity index (χ3n) is 3.47. The third-order valence-corrected chi connectivity index (χ3v) is 3.72. The summed E-state index contributed by atoms with van der Waals surface area (Å²) in [5, 5.41) is 8.04. The van der Waals surface area contributed by atoms with E-state index in [2.05, 4.69) is 41.4 Å². The molecule has 0 spiro atoms. The molecule has 0 bridgehead atoms. The zero-order valence-electron chi connectivity index (χ0n) is 12.4. The van der Waals surface area contributed by atoms with Crippen LogP contribution in [0.2, 0.25) is 5.02 Å². The number of aromatic nitrogens is 2. The first-order valence-corrected chi connectivity index (χ1v) is 7.40. The van der Waals surface area contributed by atoms with Crippen molar-refractivity contribution in [1.82, 2.24) is 10.1 Å². The van der Waals surface area contributed by atoms with Gasteiger partial charge in [0.25, 0.3) is 0 Å². The highest BCUT2D eigenvalue weighted by molar-refractivity contribution is 6.30. The molecule has 112 valence electrons. The van der Waals surface area contributed by atoms with Crippen LogP contribution in [-0.2, 0) is 6.54 Å². The minimum Gasteiger partial charge on any atom is -0.376 e. The second-order valence-electron chi connectivity index (χ2n) is 5.14. The van der Waals surface area contributed by atoms with Crippen LogP contribution in [-0.4, -0.2) is 10.1 Å². The van der Waals surface area contributed by atoms with Crippen LogP contribution < -0.4 is 5.32 Å². The molecule has 0 aliphatic heterocycles. The Hall–Kier alpha value is -2.33. The van der Waals surface area contributed by atoms with E-state index in [0.29, 0.717) is 23.3 Å². The van der Waals surface area contributed by atoms with Gasteiger partial charge in [0.2, 0.25) is 11.7 Å². The highest BCUT2D eigenvalue weighted by Gasteiger charge is 2.09. The zero-order chi connectivity index (χ0) is 15.5. The highest BCUT2D eigenvalue weighted by atomic mass is 35.5. The average molecular weight is 314 g/mol. The Balaban J connectivity index is 1.73. The summed E-state index contributed by atoms with van der Waals surface area (Å²) in [6.45, 7) is 4.64. The Morgan fingerprint density at radius 2 is 1.73 bits per heavy atom. The van der Waals surface area contributed by atoms with Gasteiger partial charge in [-0.15, -0.1) is 0 Å². The van der Waals surface area contributed by atoms with Crippen LogP contribution in [0.4, 0.5) is 5.69 Å². The van der Waals surface area contributed by atoms with Crippen molar-refractivity contribution in [2.45, 2.75) is 20.4 Å². The SMILES string of the molecule is Cc1cccc(C)c1NCc1nc(-c2ccc(Cl)cc2)no1. The van der Waals surface area contributed by atoms with Crippen LogP contribution in [0.15, 0.2) is 47.0 Å². The minimum absolute atomic E-state index is 0.492. The average Bonchev–Trinajstić information content (AvgIpc) is 2.96. The van der Waals surface area contributed by atoms with E-state index in [-0.39, 0.29) is 0 Å². The molecule has 22 heavy (non-hydrogen) atoms. The fourth-order valence-electron chi connectivity index (χ4n) is 2.30. The molecule has 5 heteroatoms. The summed E-state index contributed by atoms with van der Waals surface area (Å²) in [6, 6.07) is 13.5. The Labute approximate surface area is 134 Å². The number of para-hydroxylation sites is 1. The van der Waals surface area contributed by atoms with Gasteiger partial charge in [-0.2, -0.15) is 4.98 Å². The van der Waals surface area contributed by atoms with Crippen LogP contribution in [0, 0.1) is 13.8 Å². The molecule has 1 heterocycles. The minimum atomic E-state index is 0.492. The van der Waals surface area contributed by atoms with Crippen molar-refractivity contribution in [3.05, 3.63) is 64.5 Å². The lowest BCUT2D eigenvalue weighted by atomic mass is 10.1. The van der Waals surface area contributed by atoms with Crippen LogP contribution in [0.5, 0.6) is 0 Å². The van der Waals surface area contributed by atoms with Gasteiger partial charge in [0.05, 0.1) is 6.54 Å². The van der Waals surface area contributed by atoms with E-state index in [1.807, 2.05) is 30.3 Å². The largest absolute Gasteiger partial charge is 0.376 e. The first-order valence-electron chi connectivity index (χ1n) is 7.02. The highest BCUT2D eigenvalue weighted by Crippen LogP contribution is 2.21. The first kappa shape index (κ1) is 14.6. The molecule has 3 rings (SSSR count). The van der Waals surface area contributed by atoms with Gasteiger partial charge < -0.3 is 9.84 Å². The van der Waals surface area contributed by atoms with Gasteiger partial charge in [-0.25, -0.2) is 0 Å². The normalized spacial score (nSPS) is 10.7.